The van der Waals surface area contributed by atoms with Gasteiger partial charge in [0, 0.05) is 18.9 Å². The lowest BCUT2D eigenvalue weighted by Gasteiger charge is -2.24. The van der Waals surface area contributed by atoms with Gasteiger partial charge in [-0.25, -0.2) is 4.79 Å². The first-order chi connectivity index (χ1) is 16.5. The normalized spacial score (nSPS) is 17.8. The van der Waals surface area contributed by atoms with Gasteiger partial charge in [-0.2, -0.15) is 0 Å². The minimum absolute atomic E-state index is 0.0621. The van der Waals surface area contributed by atoms with E-state index in [0.717, 1.165) is 22.3 Å². The fourth-order valence-electron chi connectivity index (χ4n) is 4.31. The van der Waals surface area contributed by atoms with E-state index in [2.05, 4.69) is 10.6 Å². The van der Waals surface area contributed by atoms with Crippen molar-refractivity contribution in [1.29, 1.82) is 0 Å². The maximum Gasteiger partial charge on any atom is 0.407 e. The summed E-state index contributed by atoms with van der Waals surface area (Å²) in [4.78, 5) is 36.3. The predicted octanol–water partition coefficient (Wildman–Crippen LogP) is 2.29. The average molecular weight is 469 g/mol. The van der Waals surface area contributed by atoms with E-state index in [1.165, 1.54) is 0 Å². The molecule has 4 rings (SSSR count). The molecule has 2 amide bonds. The first-order valence-corrected chi connectivity index (χ1v) is 11.3. The van der Waals surface area contributed by atoms with Gasteiger partial charge in [-0.1, -0.05) is 48.5 Å². The molecule has 2 aromatic rings. The Labute approximate surface area is 197 Å². The molecule has 1 aliphatic carbocycles. The van der Waals surface area contributed by atoms with Crippen LogP contribution in [0.4, 0.5) is 4.79 Å². The number of hydrogen-bond donors (Lipinski definition) is 3. The standard InChI is InChI=1S/C25H28N2O7/c28-23(29)10-9-22(24(30)26-13-16-14-32-11-12-33-16)27-25(31)34-15-21-19-7-3-1-5-17(19)18-6-2-4-8-20(18)21/h1-8,16,21-22H,9-15H2,(H,26,30)(H,27,31)(H,28,29). The number of carbonyl (C=O) groups is 3. The second-order valence-electron chi connectivity index (χ2n) is 8.27. The Morgan fingerprint density at radius 3 is 2.32 bits per heavy atom. The lowest BCUT2D eigenvalue weighted by atomic mass is 9.98. The van der Waals surface area contributed by atoms with Gasteiger partial charge in [-0.05, 0) is 28.7 Å². The molecule has 0 aromatic heterocycles. The maximum absolute atomic E-state index is 12.7. The number of hydrogen-bond acceptors (Lipinski definition) is 6. The number of fused-ring (bicyclic) bond motifs is 3. The lowest BCUT2D eigenvalue weighted by molar-refractivity contribution is -0.137. The quantitative estimate of drug-likeness (QED) is 0.516. The Morgan fingerprint density at radius 2 is 1.71 bits per heavy atom. The number of carbonyl (C=O) groups excluding carboxylic acids is 2. The van der Waals surface area contributed by atoms with E-state index >= 15 is 0 Å². The monoisotopic (exact) mass is 468 g/mol. The van der Waals surface area contributed by atoms with Gasteiger partial charge in [0.2, 0.25) is 5.91 Å². The summed E-state index contributed by atoms with van der Waals surface area (Å²) in [6.07, 6.45) is -1.39. The molecule has 2 atom stereocenters. The summed E-state index contributed by atoms with van der Waals surface area (Å²) in [6.45, 7) is 1.62. The van der Waals surface area contributed by atoms with E-state index in [1.54, 1.807) is 0 Å². The predicted molar refractivity (Wildman–Crippen MR) is 122 cm³/mol. The molecule has 2 unspecified atom stereocenters. The van der Waals surface area contributed by atoms with Crippen molar-refractivity contribution in [2.75, 3.05) is 33.0 Å². The second kappa shape index (κ2) is 11.1. The number of ether oxygens (including phenoxy) is 3. The molecule has 0 spiro atoms. The van der Waals surface area contributed by atoms with Gasteiger partial charge >= 0.3 is 12.1 Å². The number of nitrogens with one attached hydrogen (secondary N) is 2. The van der Waals surface area contributed by atoms with Crippen LogP contribution in [0.3, 0.4) is 0 Å². The average Bonchev–Trinajstić information content (AvgIpc) is 3.18. The van der Waals surface area contributed by atoms with Crippen LogP contribution in [-0.2, 0) is 23.8 Å². The molecule has 9 nitrogen and oxygen atoms in total. The Bertz CT molecular complexity index is 990. The van der Waals surface area contributed by atoms with Crippen molar-refractivity contribution in [2.24, 2.45) is 0 Å². The van der Waals surface area contributed by atoms with E-state index < -0.39 is 24.0 Å². The van der Waals surface area contributed by atoms with Crippen LogP contribution in [0.5, 0.6) is 0 Å². The molecule has 0 saturated carbocycles. The lowest BCUT2D eigenvalue weighted by Crippen LogP contribution is -2.50. The molecule has 9 heteroatoms. The summed E-state index contributed by atoms with van der Waals surface area (Å²) in [7, 11) is 0. The third-order valence-corrected chi connectivity index (χ3v) is 5.99. The largest absolute Gasteiger partial charge is 0.481 e. The summed E-state index contributed by atoms with van der Waals surface area (Å²) < 4.78 is 16.3. The van der Waals surface area contributed by atoms with Gasteiger partial charge in [0.1, 0.15) is 12.6 Å². The summed E-state index contributed by atoms with van der Waals surface area (Å²) in [5.74, 6) is -1.67. The first-order valence-electron chi connectivity index (χ1n) is 11.3. The van der Waals surface area contributed by atoms with Crippen molar-refractivity contribution in [3.8, 4) is 11.1 Å². The zero-order valence-corrected chi connectivity index (χ0v) is 18.7. The Balaban J connectivity index is 1.36. The maximum atomic E-state index is 12.7. The third kappa shape index (κ3) is 5.73. The molecule has 1 saturated heterocycles. The Morgan fingerprint density at radius 1 is 1.03 bits per heavy atom. The fourth-order valence-corrected chi connectivity index (χ4v) is 4.31. The zero-order chi connectivity index (χ0) is 23.9. The molecule has 0 bridgehead atoms. The van der Waals surface area contributed by atoms with Crippen molar-refractivity contribution in [1.82, 2.24) is 10.6 Å². The molecular weight excluding hydrogens is 440 g/mol. The highest BCUT2D eigenvalue weighted by atomic mass is 16.6. The number of carboxylic acids is 1. The van der Waals surface area contributed by atoms with Crippen LogP contribution in [0.1, 0.15) is 29.9 Å². The topological polar surface area (TPSA) is 123 Å². The Kier molecular flexibility index (Phi) is 7.76. The number of alkyl carbamates (subject to hydrolysis) is 1. The van der Waals surface area contributed by atoms with Gasteiger partial charge < -0.3 is 30.0 Å². The molecule has 1 fully saturated rings. The molecule has 180 valence electrons. The van der Waals surface area contributed by atoms with Gasteiger partial charge in [-0.3, -0.25) is 9.59 Å². The number of rotatable bonds is 9. The van der Waals surface area contributed by atoms with Gasteiger partial charge in [0.25, 0.3) is 0 Å². The highest BCUT2D eigenvalue weighted by Crippen LogP contribution is 2.44. The van der Waals surface area contributed by atoms with Crippen molar-refractivity contribution in [2.45, 2.75) is 30.9 Å². The van der Waals surface area contributed by atoms with Crippen molar-refractivity contribution in [3.63, 3.8) is 0 Å². The van der Waals surface area contributed by atoms with E-state index in [0.29, 0.717) is 19.8 Å². The van der Waals surface area contributed by atoms with E-state index in [-0.39, 0.29) is 38.0 Å². The second-order valence-corrected chi connectivity index (χ2v) is 8.27. The Hall–Kier alpha value is -3.43. The molecule has 2 aromatic carbocycles. The molecule has 1 aliphatic heterocycles. The highest BCUT2D eigenvalue weighted by Gasteiger charge is 2.30. The van der Waals surface area contributed by atoms with E-state index in [9.17, 15) is 14.4 Å². The molecule has 3 N–H and O–H groups in total. The van der Waals surface area contributed by atoms with Crippen LogP contribution < -0.4 is 10.6 Å². The fraction of sp³-hybridized carbons (Fsp3) is 0.400. The number of carboxylic acid groups (broad SMARTS) is 1. The van der Waals surface area contributed by atoms with E-state index in [1.807, 2.05) is 48.5 Å². The van der Waals surface area contributed by atoms with Gasteiger partial charge in [-0.15, -0.1) is 0 Å². The minimum atomic E-state index is -1.06. The zero-order valence-electron chi connectivity index (χ0n) is 18.7. The molecule has 34 heavy (non-hydrogen) atoms. The van der Waals surface area contributed by atoms with Crippen molar-refractivity contribution in [3.05, 3.63) is 59.7 Å². The summed E-state index contributed by atoms with van der Waals surface area (Å²) in [5, 5.41) is 14.3. The smallest absolute Gasteiger partial charge is 0.407 e. The number of aliphatic carboxylic acids is 1. The third-order valence-electron chi connectivity index (χ3n) is 5.99. The highest BCUT2D eigenvalue weighted by molar-refractivity contribution is 5.86. The molecule has 2 aliphatic rings. The molecular formula is C25H28N2O7. The molecule has 1 heterocycles. The first kappa shape index (κ1) is 23.7. The number of benzene rings is 2. The molecule has 0 radical (unpaired) electrons. The van der Waals surface area contributed by atoms with Crippen LogP contribution >= 0.6 is 0 Å². The SMILES string of the molecule is O=C(O)CCC(NC(=O)OCC1c2ccccc2-c2ccccc21)C(=O)NCC1COCCO1. The van der Waals surface area contributed by atoms with Crippen LogP contribution in [0, 0.1) is 0 Å². The van der Waals surface area contributed by atoms with Crippen molar-refractivity contribution >= 4 is 18.0 Å². The van der Waals surface area contributed by atoms with Crippen LogP contribution in [0.15, 0.2) is 48.5 Å². The number of amides is 2. The van der Waals surface area contributed by atoms with Crippen molar-refractivity contribution < 1.29 is 33.7 Å². The van der Waals surface area contributed by atoms with Crippen LogP contribution in [-0.4, -0.2) is 68.2 Å². The summed E-state index contributed by atoms with van der Waals surface area (Å²) >= 11 is 0. The van der Waals surface area contributed by atoms with Gasteiger partial charge in [0.15, 0.2) is 0 Å². The van der Waals surface area contributed by atoms with Crippen LogP contribution in [0.2, 0.25) is 0 Å². The minimum Gasteiger partial charge on any atom is -0.481 e. The van der Waals surface area contributed by atoms with Crippen LogP contribution in [0.25, 0.3) is 11.1 Å². The summed E-state index contributed by atoms with van der Waals surface area (Å²) in [5.41, 5.74) is 4.37. The van der Waals surface area contributed by atoms with Gasteiger partial charge in [0.05, 0.1) is 25.9 Å². The van der Waals surface area contributed by atoms with E-state index in [4.69, 9.17) is 19.3 Å². The summed E-state index contributed by atoms with van der Waals surface area (Å²) in [6, 6.07) is 14.9.